The number of carbonyl (C=O) groups is 1. The maximum absolute atomic E-state index is 13.7. The zero-order chi connectivity index (χ0) is 18.7. The minimum atomic E-state index is -4.51. The van der Waals surface area contributed by atoms with E-state index in [0.717, 1.165) is 23.2 Å². The van der Waals surface area contributed by atoms with Gasteiger partial charge in [0.1, 0.15) is 11.8 Å². The molecule has 7 heteroatoms. The second kappa shape index (κ2) is 7.53. The van der Waals surface area contributed by atoms with E-state index in [2.05, 4.69) is 5.43 Å². The van der Waals surface area contributed by atoms with Crippen LogP contribution in [-0.2, 0) is 4.79 Å². The lowest BCUT2D eigenvalue weighted by molar-refractivity contribution is -0.191. The Bertz CT molecular complexity index is 792. The molecule has 140 valence electrons. The fraction of sp³-hybridized carbons (Fsp3) is 0.421. The lowest BCUT2D eigenvalue weighted by atomic mass is 10.0. The van der Waals surface area contributed by atoms with E-state index in [9.17, 15) is 18.0 Å². The molecule has 2 aromatic carbocycles. The first-order chi connectivity index (χ1) is 12.4. The summed E-state index contributed by atoms with van der Waals surface area (Å²) in [5.74, 6) is 0.174. The first-order valence-electron chi connectivity index (χ1n) is 8.68. The Morgan fingerprint density at radius 1 is 1.27 bits per heavy atom. The highest BCUT2D eigenvalue weighted by Crippen LogP contribution is 2.39. The summed E-state index contributed by atoms with van der Waals surface area (Å²) in [6.07, 6.45) is -2.60. The number of alkyl halides is 3. The Kier molecular flexibility index (Phi) is 5.36. The molecule has 1 N–H and O–H groups in total. The van der Waals surface area contributed by atoms with Crippen molar-refractivity contribution in [2.45, 2.75) is 38.4 Å². The van der Waals surface area contributed by atoms with Crippen molar-refractivity contribution < 1.29 is 22.7 Å². The number of benzene rings is 2. The van der Waals surface area contributed by atoms with Gasteiger partial charge in [-0.3, -0.25) is 10.2 Å². The normalized spacial score (nSPS) is 16.7. The molecule has 26 heavy (non-hydrogen) atoms. The van der Waals surface area contributed by atoms with Crippen molar-refractivity contribution in [3.8, 4) is 5.75 Å². The molecule has 1 aliphatic rings. The number of nitrogens with one attached hydrogen (secondary N) is 1. The van der Waals surface area contributed by atoms with Crippen LogP contribution >= 0.6 is 0 Å². The van der Waals surface area contributed by atoms with Gasteiger partial charge < -0.3 is 4.74 Å². The molecular formula is C19H21F3N2O2. The molecule has 0 saturated carbocycles. The number of unbranched alkanes of at least 4 members (excludes halogenated alkanes) is 1. The van der Waals surface area contributed by atoms with Crippen LogP contribution in [-0.4, -0.2) is 30.2 Å². The first-order valence-corrected chi connectivity index (χ1v) is 8.68. The highest BCUT2D eigenvalue weighted by molar-refractivity contribution is 5.89. The SMILES string of the molecule is CCCCOc1cccc2ccc([C@H](N3CCC(=O)N3)C(F)(F)F)cc12. The van der Waals surface area contributed by atoms with Crippen molar-refractivity contribution in [1.29, 1.82) is 0 Å². The number of amides is 1. The van der Waals surface area contributed by atoms with Crippen LogP contribution in [0.1, 0.15) is 37.8 Å². The molecule has 0 bridgehead atoms. The molecule has 1 fully saturated rings. The third kappa shape index (κ3) is 3.93. The topological polar surface area (TPSA) is 41.6 Å². The van der Waals surface area contributed by atoms with Gasteiger partial charge in [0.25, 0.3) is 0 Å². The zero-order valence-corrected chi connectivity index (χ0v) is 14.5. The molecule has 1 aliphatic heterocycles. The molecular weight excluding hydrogens is 345 g/mol. The number of hydrogen-bond acceptors (Lipinski definition) is 3. The van der Waals surface area contributed by atoms with Gasteiger partial charge in [-0.15, -0.1) is 0 Å². The van der Waals surface area contributed by atoms with Crippen molar-refractivity contribution in [2.75, 3.05) is 13.2 Å². The van der Waals surface area contributed by atoms with E-state index in [0.29, 0.717) is 17.7 Å². The van der Waals surface area contributed by atoms with Crippen molar-refractivity contribution in [1.82, 2.24) is 10.4 Å². The van der Waals surface area contributed by atoms with E-state index in [1.807, 2.05) is 19.1 Å². The van der Waals surface area contributed by atoms with Crippen molar-refractivity contribution in [2.24, 2.45) is 0 Å². The molecule has 3 rings (SSSR count). The summed E-state index contributed by atoms with van der Waals surface area (Å²) in [4.78, 5) is 11.4. The zero-order valence-electron chi connectivity index (χ0n) is 14.5. The van der Waals surface area contributed by atoms with Crippen molar-refractivity contribution >= 4 is 16.7 Å². The molecule has 1 saturated heterocycles. The monoisotopic (exact) mass is 366 g/mol. The van der Waals surface area contributed by atoms with Gasteiger partial charge in [0, 0.05) is 18.4 Å². The minimum Gasteiger partial charge on any atom is -0.493 e. The summed E-state index contributed by atoms with van der Waals surface area (Å²) >= 11 is 0. The van der Waals surface area contributed by atoms with Crippen molar-refractivity contribution in [3.63, 3.8) is 0 Å². The van der Waals surface area contributed by atoms with E-state index < -0.39 is 18.1 Å². The summed E-state index contributed by atoms with van der Waals surface area (Å²) in [7, 11) is 0. The Morgan fingerprint density at radius 3 is 2.73 bits per heavy atom. The highest BCUT2D eigenvalue weighted by atomic mass is 19.4. The standard InChI is InChI=1S/C19H21F3N2O2/c1-2-3-11-26-16-6-4-5-13-7-8-14(12-15(13)16)18(19(20,21)22)24-10-9-17(25)23-24/h4-8,12,18H,2-3,9-11H2,1H3,(H,23,25)/t18-/m0/s1. The smallest absolute Gasteiger partial charge is 0.409 e. The fourth-order valence-corrected chi connectivity index (χ4v) is 3.12. The van der Waals surface area contributed by atoms with Gasteiger partial charge in [0.2, 0.25) is 5.91 Å². The van der Waals surface area contributed by atoms with Gasteiger partial charge in [0.15, 0.2) is 0 Å². The average molecular weight is 366 g/mol. The van der Waals surface area contributed by atoms with Crippen LogP contribution in [0.3, 0.4) is 0 Å². The molecule has 0 spiro atoms. The number of nitrogens with zero attached hydrogens (tertiary/aromatic N) is 1. The lowest BCUT2D eigenvalue weighted by Gasteiger charge is -2.29. The summed E-state index contributed by atoms with van der Waals surface area (Å²) in [6, 6.07) is 8.18. The van der Waals surface area contributed by atoms with Gasteiger partial charge in [-0.1, -0.05) is 37.6 Å². The Balaban J connectivity index is 1.99. The third-order valence-electron chi connectivity index (χ3n) is 4.41. The van der Waals surface area contributed by atoms with Crippen LogP contribution in [0.4, 0.5) is 13.2 Å². The quantitative estimate of drug-likeness (QED) is 0.773. The number of halogens is 3. The number of carbonyl (C=O) groups excluding carboxylic acids is 1. The maximum atomic E-state index is 13.7. The van der Waals surface area contributed by atoms with Crippen LogP contribution in [0.5, 0.6) is 5.75 Å². The summed E-state index contributed by atoms with van der Waals surface area (Å²) in [5, 5.41) is 2.42. The van der Waals surface area contributed by atoms with E-state index >= 15 is 0 Å². The Labute approximate surface area is 149 Å². The van der Waals surface area contributed by atoms with Gasteiger partial charge in [-0.25, -0.2) is 5.01 Å². The minimum absolute atomic E-state index is 0.0235. The average Bonchev–Trinajstić information content (AvgIpc) is 3.00. The van der Waals surface area contributed by atoms with Crippen LogP contribution in [0, 0.1) is 0 Å². The predicted molar refractivity (Wildman–Crippen MR) is 92.6 cm³/mol. The number of rotatable bonds is 6. The largest absolute Gasteiger partial charge is 0.493 e. The summed E-state index contributed by atoms with van der Waals surface area (Å²) in [6.45, 7) is 2.59. The van der Waals surface area contributed by atoms with Gasteiger partial charge >= 0.3 is 6.18 Å². The van der Waals surface area contributed by atoms with Crippen molar-refractivity contribution in [3.05, 3.63) is 42.0 Å². The molecule has 0 radical (unpaired) electrons. The van der Waals surface area contributed by atoms with E-state index in [-0.39, 0.29) is 18.5 Å². The van der Waals surface area contributed by atoms with Gasteiger partial charge in [-0.05, 0) is 29.5 Å². The lowest BCUT2D eigenvalue weighted by Crippen LogP contribution is -2.43. The van der Waals surface area contributed by atoms with E-state index in [1.165, 1.54) is 12.1 Å². The summed E-state index contributed by atoms with van der Waals surface area (Å²) in [5.41, 5.74) is 2.39. The first kappa shape index (κ1) is 18.5. The second-order valence-electron chi connectivity index (χ2n) is 6.36. The van der Waals surface area contributed by atoms with Crippen LogP contribution in [0.2, 0.25) is 0 Å². The van der Waals surface area contributed by atoms with E-state index in [1.54, 1.807) is 12.1 Å². The third-order valence-corrected chi connectivity index (χ3v) is 4.41. The Hall–Kier alpha value is -2.28. The predicted octanol–water partition coefficient (Wildman–Crippen LogP) is 4.36. The molecule has 1 atom stereocenters. The molecule has 0 aromatic heterocycles. The molecule has 4 nitrogen and oxygen atoms in total. The number of hydrazine groups is 1. The molecule has 1 amide bonds. The molecule has 0 unspecified atom stereocenters. The number of ether oxygens (including phenoxy) is 1. The highest BCUT2D eigenvalue weighted by Gasteiger charge is 2.47. The maximum Gasteiger partial charge on any atom is 0.409 e. The molecule has 2 aromatic rings. The fourth-order valence-electron chi connectivity index (χ4n) is 3.12. The van der Waals surface area contributed by atoms with Crippen LogP contribution in [0.15, 0.2) is 36.4 Å². The molecule has 0 aliphatic carbocycles. The Morgan fingerprint density at radius 2 is 2.08 bits per heavy atom. The number of hydrogen-bond donors (Lipinski definition) is 1. The van der Waals surface area contributed by atoms with Gasteiger partial charge in [0.05, 0.1) is 6.61 Å². The molecule has 1 heterocycles. The van der Waals surface area contributed by atoms with Crippen LogP contribution < -0.4 is 10.2 Å². The summed E-state index contributed by atoms with van der Waals surface area (Å²) < 4.78 is 46.9. The second-order valence-corrected chi connectivity index (χ2v) is 6.36. The number of fused-ring (bicyclic) bond motifs is 1. The van der Waals surface area contributed by atoms with Crippen LogP contribution in [0.25, 0.3) is 10.8 Å². The van der Waals surface area contributed by atoms with E-state index in [4.69, 9.17) is 4.74 Å². The van der Waals surface area contributed by atoms with Gasteiger partial charge in [-0.2, -0.15) is 13.2 Å².